The van der Waals surface area contributed by atoms with Crippen LogP contribution in [0, 0.1) is 11.1 Å². The van der Waals surface area contributed by atoms with Gasteiger partial charge in [0.15, 0.2) is 12.1 Å². The van der Waals surface area contributed by atoms with Gasteiger partial charge < -0.3 is 5.48 Å². The van der Waals surface area contributed by atoms with Gasteiger partial charge in [0.2, 0.25) is 0 Å². The normalized spacial score (nSPS) is 21.6. The van der Waals surface area contributed by atoms with Crippen LogP contribution in [0.2, 0.25) is 0 Å². The molecule has 0 aromatic rings. The standard InChI is InChI=1S/2C6H12N2.O/c2*7-8-6-4-2-1-3-5-6;/h2*6-7H,1-5H2;/q;;-2/p+2. The third kappa shape index (κ3) is 7.15. The van der Waals surface area contributed by atoms with Crippen molar-refractivity contribution in [3.05, 3.63) is 0 Å². The van der Waals surface area contributed by atoms with Gasteiger partial charge in [0.1, 0.15) is 0 Å². The molecule has 0 saturated heterocycles. The van der Waals surface area contributed by atoms with E-state index in [1.165, 1.54) is 64.2 Å². The van der Waals surface area contributed by atoms with E-state index in [2.05, 4.69) is 10.2 Å². The Labute approximate surface area is 104 Å². The summed E-state index contributed by atoms with van der Waals surface area (Å²) in [7, 11) is 0. The van der Waals surface area contributed by atoms with Crippen molar-refractivity contribution in [2.24, 2.45) is 0 Å². The zero-order valence-corrected chi connectivity index (χ0v) is 10.6. The summed E-state index contributed by atoms with van der Waals surface area (Å²) >= 11 is 0. The molecule has 0 heterocycles. The van der Waals surface area contributed by atoms with Gasteiger partial charge in [-0.25, -0.2) is 0 Å². The molecule has 2 saturated carbocycles. The molecule has 5 heteroatoms. The minimum atomic E-state index is 0. The zero-order chi connectivity index (χ0) is 11.6. The summed E-state index contributed by atoms with van der Waals surface area (Å²) in [6.07, 6.45) is 12.9. The Morgan fingerprint density at radius 3 is 1.06 bits per heavy atom. The average molecular weight is 242 g/mol. The van der Waals surface area contributed by atoms with E-state index in [1.807, 2.05) is 0 Å². The summed E-state index contributed by atoms with van der Waals surface area (Å²) in [6, 6.07) is 1.01. The summed E-state index contributed by atoms with van der Waals surface area (Å²) < 4.78 is 0. The maximum absolute atomic E-state index is 6.85. The number of hydrogen-bond acceptors (Lipinski definition) is 2. The van der Waals surface area contributed by atoms with Crippen LogP contribution in [0.25, 0.3) is 0 Å². The lowest BCUT2D eigenvalue weighted by molar-refractivity contribution is -0.598. The van der Waals surface area contributed by atoms with Gasteiger partial charge in [0.05, 0.1) is 0 Å². The molecule has 0 spiro atoms. The van der Waals surface area contributed by atoms with Crippen LogP contribution in [-0.2, 0) is 5.48 Å². The van der Waals surface area contributed by atoms with Gasteiger partial charge in [-0.2, -0.15) is 0 Å². The van der Waals surface area contributed by atoms with E-state index in [1.54, 1.807) is 0 Å². The van der Waals surface area contributed by atoms with Crippen LogP contribution in [0.4, 0.5) is 0 Å². The topological polar surface area (TPSA) is 104 Å². The first kappa shape index (κ1) is 16.2. The highest BCUT2D eigenvalue weighted by molar-refractivity contribution is 4.61. The van der Waals surface area contributed by atoms with Crippen LogP contribution in [0.1, 0.15) is 64.2 Å². The maximum atomic E-state index is 6.85. The Kier molecular flexibility index (Phi) is 9.81. The number of nitrogens with one attached hydrogen (secondary N) is 4. The quantitative estimate of drug-likeness (QED) is 0.513. The molecule has 0 aromatic heterocycles. The Bertz CT molecular complexity index is 177. The van der Waals surface area contributed by atoms with E-state index in [0.29, 0.717) is 12.1 Å². The average Bonchev–Trinajstić information content (AvgIpc) is 2.41. The fraction of sp³-hybridized carbons (Fsp3) is 1.00. The third-order valence-corrected chi connectivity index (χ3v) is 3.62. The largest absolute Gasteiger partial charge is 2.00 e. The van der Waals surface area contributed by atoms with Crippen LogP contribution in [0.3, 0.4) is 0 Å². The predicted molar refractivity (Wildman–Crippen MR) is 61.8 cm³/mol. The van der Waals surface area contributed by atoms with Gasteiger partial charge in [0.25, 0.3) is 0 Å². The molecule has 0 atom stereocenters. The van der Waals surface area contributed by atoms with Crippen molar-refractivity contribution in [2.75, 3.05) is 0 Å². The van der Waals surface area contributed by atoms with Gasteiger partial charge in [-0.3, -0.25) is 0 Å². The lowest BCUT2D eigenvalue weighted by atomic mass is 9.96. The van der Waals surface area contributed by atoms with Crippen molar-refractivity contribution in [1.29, 1.82) is 11.1 Å². The van der Waals surface area contributed by atoms with E-state index in [0.717, 1.165) is 0 Å². The fourth-order valence-corrected chi connectivity index (χ4v) is 2.49. The van der Waals surface area contributed by atoms with E-state index < -0.39 is 0 Å². The molecule has 4 N–H and O–H groups in total. The summed E-state index contributed by atoms with van der Waals surface area (Å²) in [5, 5.41) is 5.11. The van der Waals surface area contributed by atoms with Gasteiger partial charge in [-0.1, -0.05) is 23.9 Å². The molecule has 2 fully saturated rings. The van der Waals surface area contributed by atoms with Crippen LogP contribution < -0.4 is 10.2 Å². The van der Waals surface area contributed by atoms with E-state index in [9.17, 15) is 0 Å². The molecule has 2 aliphatic rings. The van der Waals surface area contributed by atoms with Crippen LogP contribution in [0.15, 0.2) is 0 Å². The maximum Gasteiger partial charge on any atom is 0.175 e. The second-order valence-electron chi connectivity index (χ2n) is 4.96. The first-order chi connectivity index (χ1) is 7.86. The second kappa shape index (κ2) is 10.3. The summed E-state index contributed by atoms with van der Waals surface area (Å²) in [4.78, 5) is 0. The summed E-state index contributed by atoms with van der Waals surface area (Å²) in [6.45, 7) is 0. The molecule has 0 amide bonds. The molecule has 0 radical (unpaired) electrons. The van der Waals surface area contributed by atoms with E-state index >= 15 is 0 Å². The first-order valence-corrected chi connectivity index (χ1v) is 6.71. The van der Waals surface area contributed by atoms with Crippen LogP contribution in [0.5, 0.6) is 0 Å². The van der Waals surface area contributed by atoms with Gasteiger partial charge in [0, 0.05) is 25.7 Å². The predicted octanol–water partition coefficient (Wildman–Crippen LogP) is 0.743. The van der Waals surface area contributed by atoms with E-state index in [-0.39, 0.29) is 5.48 Å². The molecular weight excluding hydrogens is 216 g/mol. The van der Waals surface area contributed by atoms with E-state index in [4.69, 9.17) is 11.1 Å². The molecular formula is C12H26N4O. The van der Waals surface area contributed by atoms with Crippen molar-refractivity contribution in [3.63, 3.8) is 0 Å². The summed E-state index contributed by atoms with van der Waals surface area (Å²) in [5.41, 5.74) is 13.7. The first-order valence-electron chi connectivity index (χ1n) is 6.71. The fourth-order valence-electron chi connectivity index (χ4n) is 2.49. The van der Waals surface area contributed by atoms with Crippen molar-refractivity contribution in [2.45, 2.75) is 76.3 Å². The lowest BCUT2D eigenvalue weighted by Crippen LogP contribution is -2.72. The molecule has 5 nitrogen and oxygen atoms in total. The molecule has 0 aliphatic heterocycles. The van der Waals surface area contributed by atoms with Gasteiger partial charge in [-0.05, 0) is 25.7 Å². The SMILES string of the molecule is N=[NH+]C1CCCCC1.N=[NH+]C1CCCCC1.[O-2]. The van der Waals surface area contributed by atoms with Crippen LogP contribution >= 0.6 is 0 Å². The van der Waals surface area contributed by atoms with Crippen molar-refractivity contribution in [3.8, 4) is 0 Å². The molecule has 17 heavy (non-hydrogen) atoms. The Balaban J connectivity index is 0.000000284. The van der Waals surface area contributed by atoms with Gasteiger partial charge >= 0.3 is 0 Å². The van der Waals surface area contributed by atoms with Gasteiger partial charge in [-0.15, -0.1) is 10.2 Å². The molecule has 100 valence electrons. The Morgan fingerprint density at radius 2 is 0.882 bits per heavy atom. The molecule has 0 aromatic carbocycles. The summed E-state index contributed by atoms with van der Waals surface area (Å²) in [5.74, 6) is 0. The number of hydrogen-bond donors (Lipinski definition) is 4. The number of rotatable bonds is 2. The van der Waals surface area contributed by atoms with Crippen molar-refractivity contribution >= 4 is 0 Å². The zero-order valence-electron chi connectivity index (χ0n) is 10.6. The monoisotopic (exact) mass is 242 g/mol. The van der Waals surface area contributed by atoms with Crippen molar-refractivity contribution < 1.29 is 15.7 Å². The smallest absolute Gasteiger partial charge is 0.175 e. The second-order valence-corrected chi connectivity index (χ2v) is 4.96. The highest BCUT2D eigenvalue weighted by atomic mass is 16.0. The van der Waals surface area contributed by atoms with Crippen molar-refractivity contribution in [1.82, 2.24) is 0 Å². The highest BCUT2D eigenvalue weighted by Crippen LogP contribution is 2.14. The molecule has 0 bridgehead atoms. The molecule has 2 aliphatic carbocycles. The minimum absolute atomic E-state index is 0. The third-order valence-electron chi connectivity index (χ3n) is 3.62. The van der Waals surface area contributed by atoms with Crippen LogP contribution in [-0.4, -0.2) is 12.1 Å². The molecule has 0 unspecified atom stereocenters. The Hall–Kier alpha value is -0.840. The highest BCUT2D eigenvalue weighted by Gasteiger charge is 2.15. The minimum Gasteiger partial charge on any atom is -2.00 e. The molecule has 2 rings (SSSR count). The Morgan fingerprint density at radius 1 is 0.588 bits per heavy atom. The lowest BCUT2D eigenvalue weighted by Gasteiger charge is -2.10.